The smallest absolute Gasteiger partial charge is 0.308 e. The highest BCUT2D eigenvalue weighted by atomic mass is 31.2. The van der Waals surface area contributed by atoms with Crippen molar-refractivity contribution in [1.29, 1.82) is 0 Å². The Kier molecular flexibility index (Phi) is 4.81. The molecule has 0 aromatic carbocycles. The summed E-state index contributed by atoms with van der Waals surface area (Å²) in [4.78, 5) is 0. The molecule has 0 saturated heterocycles. The van der Waals surface area contributed by atoms with Gasteiger partial charge in [-0.3, -0.25) is 4.57 Å². The van der Waals surface area contributed by atoms with Crippen molar-refractivity contribution in [2.45, 2.75) is 18.4 Å². The van der Waals surface area contributed by atoms with E-state index in [1.165, 1.54) is 0 Å². The van der Waals surface area contributed by atoms with Crippen LogP contribution in [0.4, 0.5) is 26.3 Å². The number of ether oxygens (including phenoxy) is 1. The summed E-state index contributed by atoms with van der Waals surface area (Å²) in [5, 5.41) is 0. The Morgan fingerprint density at radius 2 is 1.44 bits per heavy atom. The predicted molar refractivity (Wildman–Crippen MR) is 38.6 cm³/mol. The Morgan fingerprint density at radius 1 is 1.06 bits per heavy atom. The molecule has 0 aromatic rings. The quantitative estimate of drug-likeness (QED) is 0.572. The van der Waals surface area contributed by atoms with Crippen LogP contribution in [0.1, 0.15) is 0 Å². The van der Waals surface area contributed by atoms with E-state index in [1.807, 2.05) is 0 Å². The molecule has 0 rings (SSSR count). The molecular weight excluding hydrogens is 269 g/mol. The van der Waals surface area contributed by atoms with Crippen molar-refractivity contribution >= 4 is 7.60 Å². The molecule has 4 nitrogen and oxygen atoms in total. The number of hydrogen-bond acceptors (Lipinski definition) is 4. The molecule has 1 unspecified atom stereocenters. The summed E-state index contributed by atoms with van der Waals surface area (Å²) < 4.78 is 93.7. The maximum absolute atomic E-state index is 13.3. The normalized spacial score (nSPS) is 17.6. The van der Waals surface area contributed by atoms with Crippen molar-refractivity contribution in [2.24, 2.45) is 0 Å². The van der Waals surface area contributed by atoms with E-state index >= 15 is 0 Å². The molecule has 0 heterocycles. The van der Waals surface area contributed by atoms with Crippen molar-refractivity contribution in [3.05, 3.63) is 0 Å². The summed E-state index contributed by atoms with van der Waals surface area (Å²) in [6, 6.07) is 0. The summed E-state index contributed by atoms with van der Waals surface area (Å²) in [5.74, 6) is 0. The van der Waals surface area contributed by atoms with Crippen molar-refractivity contribution in [1.82, 2.24) is 0 Å². The second-order valence-electron chi connectivity index (χ2n) is 2.32. The topological polar surface area (TPSA) is 44.8 Å². The van der Waals surface area contributed by atoms with Crippen LogP contribution in [0.25, 0.3) is 0 Å². The zero-order valence-electron chi connectivity index (χ0n) is 7.93. The highest BCUT2D eigenvalue weighted by Crippen LogP contribution is 2.64. The minimum Gasteiger partial charge on any atom is -0.308 e. The summed E-state index contributed by atoms with van der Waals surface area (Å²) >= 11 is 0. The molecular formula is C5H7F6O4P. The number of alkyl halides is 6. The van der Waals surface area contributed by atoms with E-state index in [0.29, 0.717) is 14.2 Å². The van der Waals surface area contributed by atoms with E-state index in [9.17, 15) is 30.9 Å². The largest absolute Gasteiger partial charge is 0.525 e. The van der Waals surface area contributed by atoms with Gasteiger partial charge in [0.2, 0.25) is 0 Å². The van der Waals surface area contributed by atoms with Gasteiger partial charge in [-0.15, -0.1) is 13.2 Å². The Bertz CT molecular complexity index is 273. The number of rotatable bonds is 5. The van der Waals surface area contributed by atoms with Crippen LogP contribution in [-0.2, 0) is 18.3 Å². The molecule has 0 saturated carbocycles. The molecule has 0 aliphatic rings. The zero-order chi connectivity index (χ0) is 13.2. The first kappa shape index (κ1) is 15.7. The van der Waals surface area contributed by atoms with Crippen molar-refractivity contribution < 1.29 is 44.7 Å². The van der Waals surface area contributed by atoms with Crippen LogP contribution < -0.4 is 0 Å². The fraction of sp³-hybridized carbons (Fsp3) is 1.00. The van der Waals surface area contributed by atoms with E-state index in [-0.39, 0.29) is 0 Å². The van der Waals surface area contributed by atoms with Crippen LogP contribution in [0.5, 0.6) is 0 Å². The molecule has 0 aromatic heterocycles. The second kappa shape index (κ2) is 4.91. The molecule has 11 heteroatoms. The van der Waals surface area contributed by atoms with Crippen molar-refractivity contribution in [2.75, 3.05) is 14.2 Å². The van der Waals surface area contributed by atoms with Crippen LogP contribution in [0.3, 0.4) is 0 Å². The lowest BCUT2D eigenvalue weighted by atomic mass is 10.7. The minimum absolute atomic E-state index is 0.445. The molecule has 0 radical (unpaired) electrons. The highest BCUT2D eigenvalue weighted by Gasteiger charge is 2.65. The summed E-state index contributed by atoms with van der Waals surface area (Å²) in [5.41, 5.74) is -4.91. The van der Waals surface area contributed by atoms with Gasteiger partial charge in [-0.2, -0.15) is 4.39 Å². The first-order valence-electron chi connectivity index (χ1n) is 3.48. The summed E-state index contributed by atoms with van der Waals surface area (Å²) in [6.07, 6.45) is -10.1. The molecule has 16 heavy (non-hydrogen) atoms. The second-order valence-corrected chi connectivity index (χ2v) is 4.66. The lowest BCUT2D eigenvalue weighted by molar-refractivity contribution is -0.391. The van der Waals surface area contributed by atoms with Gasteiger partial charge in [-0.05, 0) is 0 Å². The zero-order valence-corrected chi connectivity index (χ0v) is 8.82. The van der Waals surface area contributed by atoms with Gasteiger partial charge in [0.25, 0.3) is 0 Å². The Hall–Kier alpha value is -0.310. The van der Waals surface area contributed by atoms with Gasteiger partial charge in [0.05, 0.1) is 0 Å². The maximum atomic E-state index is 13.3. The van der Waals surface area contributed by atoms with E-state index in [4.69, 9.17) is 0 Å². The highest BCUT2D eigenvalue weighted by molar-refractivity contribution is 7.55. The minimum atomic E-state index is -5.77. The Balaban J connectivity index is 5.35. The van der Waals surface area contributed by atoms with E-state index in [0.717, 1.165) is 0 Å². The van der Waals surface area contributed by atoms with Crippen LogP contribution >= 0.6 is 7.60 Å². The molecule has 0 amide bonds. The monoisotopic (exact) mass is 276 g/mol. The molecule has 0 spiro atoms. The van der Waals surface area contributed by atoms with Crippen LogP contribution in [0, 0.1) is 0 Å². The van der Waals surface area contributed by atoms with E-state index in [2.05, 4.69) is 13.8 Å². The Labute approximate surface area is 86.0 Å². The van der Waals surface area contributed by atoms with Gasteiger partial charge in [-0.1, -0.05) is 0 Å². The fourth-order valence-electron chi connectivity index (χ4n) is 0.706. The van der Waals surface area contributed by atoms with Crippen LogP contribution in [-0.4, -0.2) is 32.6 Å². The lowest BCUT2D eigenvalue weighted by Crippen LogP contribution is -2.41. The van der Waals surface area contributed by atoms with Gasteiger partial charge in [-0.25, -0.2) is 13.5 Å². The third kappa shape index (κ3) is 3.09. The predicted octanol–water partition coefficient (Wildman–Crippen LogP) is 2.90. The summed E-state index contributed by atoms with van der Waals surface area (Å²) in [6.45, 7) is 0. The molecule has 0 fully saturated rings. The van der Waals surface area contributed by atoms with Gasteiger partial charge in [0.1, 0.15) is 0 Å². The average Bonchev–Trinajstić information content (AvgIpc) is 2.13. The molecule has 0 aliphatic heterocycles. The SMILES string of the molecule is COP(=O)(OC)C(F)(OC(F)(F)F)C(F)F. The van der Waals surface area contributed by atoms with E-state index in [1.54, 1.807) is 0 Å². The molecule has 0 aliphatic carbocycles. The van der Waals surface area contributed by atoms with Gasteiger partial charge >= 0.3 is 26.0 Å². The van der Waals surface area contributed by atoms with Crippen LogP contribution in [0.15, 0.2) is 0 Å². The molecule has 1 atom stereocenters. The first-order chi connectivity index (χ1) is 7.02. The van der Waals surface area contributed by atoms with Crippen molar-refractivity contribution in [3.8, 4) is 0 Å². The molecule has 0 bridgehead atoms. The van der Waals surface area contributed by atoms with Crippen molar-refractivity contribution in [3.63, 3.8) is 0 Å². The third-order valence-electron chi connectivity index (χ3n) is 1.38. The van der Waals surface area contributed by atoms with Gasteiger partial charge in [0, 0.05) is 14.2 Å². The van der Waals surface area contributed by atoms with Gasteiger partial charge in [0.15, 0.2) is 0 Å². The lowest BCUT2D eigenvalue weighted by Gasteiger charge is -2.29. The average molecular weight is 276 g/mol. The third-order valence-corrected chi connectivity index (χ3v) is 3.38. The first-order valence-corrected chi connectivity index (χ1v) is 5.02. The molecule has 0 N–H and O–H groups in total. The molecule has 98 valence electrons. The maximum Gasteiger partial charge on any atom is 0.525 e. The van der Waals surface area contributed by atoms with Crippen LogP contribution in [0.2, 0.25) is 0 Å². The Morgan fingerprint density at radius 3 is 1.62 bits per heavy atom. The number of halogens is 6. The van der Waals surface area contributed by atoms with Gasteiger partial charge < -0.3 is 9.05 Å². The summed E-state index contributed by atoms with van der Waals surface area (Å²) in [7, 11) is -4.52. The standard InChI is InChI=1S/C5H7F6O4P/c1-13-16(12,14-2)4(8,3(6)7)15-5(9,10)11/h3H,1-2H3. The van der Waals surface area contributed by atoms with E-state index < -0.39 is 26.0 Å². The number of hydrogen-bond donors (Lipinski definition) is 0. The fourth-order valence-corrected chi connectivity index (χ4v) is 1.81.